The molecular weight excluding hydrogens is 338 g/mol. The highest BCUT2D eigenvalue weighted by atomic mass is 79.9. The molecule has 0 saturated heterocycles. The third-order valence-electron chi connectivity index (χ3n) is 3.38. The lowest BCUT2D eigenvalue weighted by Gasteiger charge is -2.19. The summed E-state index contributed by atoms with van der Waals surface area (Å²) in [6.07, 6.45) is 0.862. The van der Waals surface area contributed by atoms with Crippen LogP contribution in [0.5, 0.6) is 0 Å². The largest absolute Gasteiger partial charge is 0.313 e. The summed E-state index contributed by atoms with van der Waals surface area (Å²) in [7, 11) is 1.96. The molecule has 1 unspecified atom stereocenters. The zero-order valence-electron chi connectivity index (χ0n) is 12.0. The van der Waals surface area contributed by atoms with Gasteiger partial charge in [0.2, 0.25) is 0 Å². The third kappa shape index (κ3) is 3.43. The molecule has 3 nitrogen and oxygen atoms in total. The Morgan fingerprint density at radius 3 is 2.80 bits per heavy atom. The van der Waals surface area contributed by atoms with Crippen molar-refractivity contribution in [3.63, 3.8) is 0 Å². The van der Waals surface area contributed by atoms with Gasteiger partial charge in [0.15, 0.2) is 0 Å². The summed E-state index contributed by atoms with van der Waals surface area (Å²) in [5, 5.41) is 8.63. The molecule has 0 spiro atoms. The van der Waals surface area contributed by atoms with Crippen LogP contribution in [0.1, 0.15) is 29.9 Å². The van der Waals surface area contributed by atoms with Crippen molar-refractivity contribution in [2.75, 3.05) is 7.05 Å². The number of likely N-dealkylation sites (N-methyl/N-ethyl adjacent to an activating group) is 1. The van der Waals surface area contributed by atoms with Crippen molar-refractivity contribution in [2.24, 2.45) is 0 Å². The van der Waals surface area contributed by atoms with Crippen molar-refractivity contribution in [2.45, 2.75) is 32.9 Å². The van der Waals surface area contributed by atoms with E-state index in [1.165, 1.54) is 5.69 Å². The fourth-order valence-corrected chi connectivity index (χ4v) is 3.02. The topological polar surface area (TPSA) is 29.9 Å². The van der Waals surface area contributed by atoms with E-state index in [2.05, 4.69) is 45.4 Å². The summed E-state index contributed by atoms with van der Waals surface area (Å²) < 4.78 is 3.09. The second-order valence-corrected chi connectivity index (χ2v) is 6.13. The molecule has 108 valence electrons. The van der Waals surface area contributed by atoms with E-state index in [0.717, 1.165) is 33.7 Å². The van der Waals surface area contributed by atoms with Crippen LogP contribution in [-0.4, -0.2) is 16.8 Å². The first-order chi connectivity index (χ1) is 9.55. The van der Waals surface area contributed by atoms with Gasteiger partial charge in [0.05, 0.1) is 5.69 Å². The van der Waals surface area contributed by atoms with Gasteiger partial charge in [-0.15, -0.1) is 0 Å². The fourth-order valence-electron chi connectivity index (χ4n) is 2.40. The number of aromatic nitrogens is 2. The van der Waals surface area contributed by atoms with Crippen molar-refractivity contribution in [3.8, 4) is 0 Å². The van der Waals surface area contributed by atoms with Gasteiger partial charge in [-0.25, -0.2) is 0 Å². The van der Waals surface area contributed by atoms with Gasteiger partial charge >= 0.3 is 0 Å². The molecule has 0 amide bonds. The van der Waals surface area contributed by atoms with Gasteiger partial charge in [-0.05, 0) is 50.7 Å². The molecule has 0 aliphatic carbocycles. The molecule has 1 atom stereocenters. The van der Waals surface area contributed by atoms with Gasteiger partial charge in [0.1, 0.15) is 0 Å². The van der Waals surface area contributed by atoms with Crippen LogP contribution in [0.15, 0.2) is 28.7 Å². The van der Waals surface area contributed by atoms with E-state index in [9.17, 15) is 0 Å². The number of aryl methyl sites for hydroxylation is 2. The van der Waals surface area contributed by atoms with Gasteiger partial charge < -0.3 is 5.32 Å². The summed E-state index contributed by atoms with van der Waals surface area (Å²) in [6.45, 7) is 5.01. The summed E-state index contributed by atoms with van der Waals surface area (Å²) in [4.78, 5) is 0. The normalized spacial score (nSPS) is 12.7. The molecule has 2 aromatic rings. The smallest absolute Gasteiger partial charge is 0.0596 e. The zero-order valence-corrected chi connectivity index (χ0v) is 14.3. The summed E-state index contributed by atoms with van der Waals surface area (Å²) in [5.74, 6) is 0. The lowest BCUT2D eigenvalue weighted by molar-refractivity contribution is 0.541. The predicted molar refractivity (Wildman–Crippen MR) is 87.3 cm³/mol. The number of halogens is 2. The Morgan fingerprint density at radius 1 is 1.40 bits per heavy atom. The van der Waals surface area contributed by atoms with E-state index in [4.69, 9.17) is 11.6 Å². The maximum atomic E-state index is 6.33. The first-order valence-corrected chi connectivity index (χ1v) is 7.87. The highest BCUT2D eigenvalue weighted by Crippen LogP contribution is 2.28. The van der Waals surface area contributed by atoms with Crippen LogP contribution in [0.25, 0.3) is 0 Å². The zero-order chi connectivity index (χ0) is 14.7. The molecule has 0 fully saturated rings. The molecule has 1 heterocycles. The predicted octanol–water partition coefficient (Wildman–Crippen LogP) is 4.13. The van der Waals surface area contributed by atoms with Gasteiger partial charge in [-0.1, -0.05) is 27.5 Å². The Labute approximate surface area is 133 Å². The van der Waals surface area contributed by atoms with E-state index >= 15 is 0 Å². The first kappa shape index (κ1) is 15.5. The SMILES string of the molecule is CCn1nc(C)cc1CC(NC)c1cc(Br)ccc1Cl. The maximum absolute atomic E-state index is 6.33. The molecule has 20 heavy (non-hydrogen) atoms. The monoisotopic (exact) mass is 355 g/mol. The molecule has 0 saturated carbocycles. The Balaban J connectivity index is 2.30. The summed E-state index contributed by atoms with van der Waals surface area (Å²) in [6, 6.07) is 8.26. The van der Waals surface area contributed by atoms with Crippen molar-refractivity contribution in [1.82, 2.24) is 15.1 Å². The lowest BCUT2D eigenvalue weighted by Crippen LogP contribution is -2.21. The van der Waals surface area contributed by atoms with Crippen LogP contribution < -0.4 is 5.32 Å². The van der Waals surface area contributed by atoms with Gasteiger partial charge in [-0.2, -0.15) is 5.10 Å². The Kier molecular flexibility index (Phi) is 5.24. The molecule has 0 radical (unpaired) electrons. The quantitative estimate of drug-likeness (QED) is 0.873. The maximum Gasteiger partial charge on any atom is 0.0596 e. The van der Waals surface area contributed by atoms with Crippen LogP contribution in [0, 0.1) is 6.92 Å². The van der Waals surface area contributed by atoms with E-state index < -0.39 is 0 Å². The van der Waals surface area contributed by atoms with Crippen LogP contribution in [0.3, 0.4) is 0 Å². The summed E-state index contributed by atoms with van der Waals surface area (Å²) in [5.41, 5.74) is 3.38. The molecule has 2 rings (SSSR count). The summed E-state index contributed by atoms with van der Waals surface area (Å²) >= 11 is 9.84. The number of nitrogens with one attached hydrogen (secondary N) is 1. The molecule has 0 bridgehead atoms. The molecule has 0 aliphatic heterocycles. The Morgan fingerprint density at radius 2 is 2.15 bits per heavy atom. The van der Waals surface area contributed by atoms with Crippen LogP contribution in [0.2, 0.25) is 5.02 Å². The second kappa shape index (κ2) is 6.74. The number of benzene rings is 1. The van der Waals surface area contributed by atoms with Crippen molar-refractivity contribution in [1.29, 1.82) is 0 Å². The average molecular weight is 357 g/mol. The number of nitrogens with zero attached hydrogens (tertiary/aromatic N) is 2. The van der Waals surface area contributed by atoms with Crippen LogP contribution >= 0.6 is 27.5 Å². The minimum absolute atomic E-state index is 0.168. The third-order valence-corrected chi connectivity index (χ3v) is 4.22. The van der Waals surface area contributed by atoms with E-state index in [-0.39, 0.29) is 6.04 Å². The second-order valence-electron chi connectivity index (χ2n) is 4.80. The minimum Gasteiger partial charge on any atom is -0.313 e. The van der Waals surface area contributed by atoms with Gasteiger partial charge in [-0.3, -0.25) is 4.68 Å². The van der Waals surface area contributed by atoms with Crippen molar-refractivity contribution in [3.05, 3.63) is 50.7 Å². The standard InChI is InChI=1S/C15H19BrClN3/c1-4-20-12(7-10(2)19-20)9-15(18-3)13-8-11(16)5-6-14(13)17/h5-8,15,18H,4,9H2,1-3H3. The Bertz CT molecular complexity index is 595. The molecule has 1 aromatic carbocycles. The molecule has 1 N–H and O–H groups in total. The van der Waals surface area contributed by atoms with E-state index in [0.29, 0.717) is 0 Å². The lowest BCUT2D eigenvalue weighted by atomic mass is 10.0. The van der Waals surface area contributed by atoms with E-state index in [1.807, 2.05) is 30.8 Å². The highest BCUT2D eigenvalue weighted by molar-refractivity contribution is 9.10. The first-order valence-electron chi connectivity index (χ1n) is 6.70. The van der Waals surface area contributed by atoms with Crippen molar-refractivity contribution >= 4 is 27.5 Å². The number of hydrogen-bond donors (Lipinski definition) is 1. The Hall–Kier alpha value is -0.840. The molecule has 0 aliphatic rings. The van der Waals surface area contributed by atoms with E-state index in [1.54, 1.807) is 0 Å². The fraction of sp³-hybridized carbons (Fsp3) is 0.400. The molecular formula is C15H19BrClN3. The highest BCUT2D eigenvalue weighted by Gasteiger charge is 2.16. The van der Waals surface area contributed by atoms with Crippen molar-refractivity contribution < 1.29 is 0 Å². The molecule has 1 aromatic heterocycles. The molecule has 5 heteroatoms. The van der Waals surface area contributed by atoms with Crippen LogP contribution in [0.4, 0.5) is 0 Å². The number of rotatable bonds is 5. The van der Waals surface area contributed by atoms with Gasteiger partial charge in [0.25, 0.3) is 0 Å². The minimum atomic E-state index is 0.168. The number of hydrogen-bond acceptors (Lipinski definition) is 2. The van der Waals surface area contributed by atoms with Crippen LogP contribution in [-0.2, 0) is 13.0 Å². The average Bonchev–Trinajstić information content (AvgIpc) is 2.79. The van der Waals surface area contributed by atoms with Gasteiger partial charge in [0, 0.05) is 34.2 Å².